The second kappa shape index (κ2) is 7.99. The van der Waals surface area contributed by atoms with E-state index in [2.05, 4.69) is 26.1 Å². The zero-order chi connectivity index (χ0) is 20.2. The summed E-state index contributed by atoms with van der Waals surface area (Å²) in [7, 11) is 0. The van der Waals surface area contributed by atoms with Gasteiger partial charge in [-0.1, -0.05) is 51.1 Å². The molecule has 3 N–H and O–H groups in total. The first kappa shape index (κ1) is 20.1. The second-order valence-corrected chi connectivity index (χ2v) is 7.35. The number of nitro benzene ring substituents is 1. The Kier molecular flexibility index (Phi) is 5.95. The lowest BCUT2D eigenvalue weighted by molar-refractivity contribution is -0.385. The van der Waals surface area contributed by atoms with Gasteiger partial charge in [-0.05, 0) is 23.1 Å². The average molecular weight is 369 g/mol. The molecular formula is C20H23N3O4. The van der Waals surface area contributed by atoms with Crippen LogP contribution in [0.25, 0.3) is 0 Å². The van der Waals surface area contributed by atoms with Crippen LogP contribution in [0, 0.1) is 10.1 Å². The van der Waals surface area contributed by atoms with E-state index in [0.29, 0.717) is 11.1 Å². The normalized spacial score (nSPS) is 12.3. The first-order valence-electron chi connectivity index (χ1n) is 8.52. The molecule has 0 aliphatic rings. The zero-order valence-electron chi connectivity index (χ0n) is 15.6. The fourth-order valence-corrected chi connectivity index (χ4v) is 2.67. The number of rotatable bonds is 6. The van der Waals surface area contributed by atoms with Gasteiger partial charge < -0.3 is 11.1 Å². The summed E-state index contributed by atoms with van der Waals surface area (Å²) >= 11 is 0. The van der Waals surface area contributed by atoms with Gasteiger partial charge in [0.1, 0.15) is 6.04 Å². The fourth-order valence-electron chi connectivity index (χ4n) is 2.67. The third-order valence-corrected chi connectivity index (χ3v) is 4.27. The van der Waals surface area contributed by atoms with E-state index >= 15 is 0 Å². The van der Waals surface area contributed by atoms with Crippen LogP contribution in [0.4, 0.5) is 5.69 Å². The van der Waals surface area contributed by atoms with Crippen LogP contribution in [-0.2, 0) is 16.6 Å². The molecule has 0 bridgehead atoms. The Labute approximate surface area is 157 Å². The molecule has 0 unspecified atom stereocenters. The van der Waals surface area contributed by atoms with Crippen molar-refractivity contribution in [2.24, 2.45) is 5.73 Å². The average Bonchev–Trinajstić information content (AvgIpc) is 2.60. The van der Waals surface area contributed by atoms with Gasteiger partial charge in [-0.25, -0.2) is 0 Å². The maximum Gasteiger partial charge on any atom is 0.272 e. The zero-order valence-corrected chi connectivity index (χ0v) is 15.6. The number of hydrogen-bond acceptors (Lipinski definition) is 4. The molecule has 142 valence electrons. The predicted molar refractivity (Wildman–Crippen MR) is 102 cm³/mol. The first-order valence-corrected chi connectivity index (χ1v) is 8.52. The van der Waals surface area contributed by atoms with Gasteiger partial charge in [-0.3, -0.25) is 19.7 Å². The number of para-hydroxylation sites is 1. The Hall–Kier alpha value is -3.22. The summed E-state index contributed by atoms with van der Waals surface area (Å²) in [5.41, 5.74) is 7.02. The van der Waals surface area contributed by atoms with E-state index in [1.807, 2.05) is 12.1 Å². The SMILES string of the molecule is CC(C)(C)c1ccc(C(=O)N[C@H](Cc2ccccc2[N+](=O)[O-])C(N)=O)cc1. The van der Waals surface area contributed by atoms with Crippen molar-refractivity contribution >= 4 is 17.5 Å². The van der Waals surface area contributed by atoms with Crippen molar-refractivity contribution in [1.82, 2.24) is 5.32 Å². The summed E-state index contributed by atoms with van der Waals surface area (Å²) in [6, 6.07) is 12.1. The molecule has 0 heterocycles. The standard InChI is InChI=1S/C20H23N3O4/c1-20(2,3)15-10-8-13(9-11-15)19(25)22-16(18(21)24)12-14-6-4-5-7-17(14)23(26)27/h4-11,16H,12H2,1-3H3,(H2,21,24)(H,22,25)/t16-/m1/s1. The number of carbonyl (C=O) groups is 2. The third kappa shape index (κ3) is 5.13. The first-order chi connectivity index (χ1) is 12.6. The molecule has 2 aromatic carbocycles. The third-order valence-electron chi connectivity index (χ3n) is 4.27. The molecule has 0 spiro atoms. The number of amides is 2. The van der Waals surface area contributed by atoms with E-state index in [-0.39, 0.29) is 17.5 Å². The van der Waals surface area contributed by atoms with E-state index in [1.54, 1.807) is 24.3 Å². The summed E-state index contributed by atoms with van der Waals surface area (Å²) in [5, 5.41) is 13.7. The van der Waals surface area contributed by atoms with E-state index in [1.165, 1.54) is 12.1 Å². The molecule has 7 nitrogen and oxygen atoms in total. The minimum absolute atomic E-state index is 0.0446. The van der Waals surface area contributed by atoms with Crippen LogP contribution in [0.3, 0.4) is 0 Å². The largest absolute Gasteiger partial charge is 0.368 e. The van der Waals surface area contributed by atoms with Gasteiger partial charge in [-0.2, -0.15) is 0 Å². The summed E-state index contributed by atoms with van der Waals surface area (Å²) in [6.45, 7) is 6.20. The molecule has 1 atom stereocenters. The van der Waals surface area contributed by atoms with Crippen molar-refractivity contribution in [3.05, 3.63) is 75.3 Å². The highest BCUT2D eigenvalue weighted by Crippen LogP contribution is 2.22. The molecule has 0 fully saturated rings. The minimum atomic E-state index is -1.05. The van der Waals surface area contributed by atoms with Crippen molar-refractivity contribution < 1.29 is 14.5 Å². The van der Waals surface area contributed by atoms with Crippen molar-refractivity contribution in [3.8, 4) is 0 Å². The molecular weight excluding hydrogens is 346 g/mol. The monoisotopic (exact) mass is 369 g/mol. The van der Waals surface area contributed by atoms with E-state index in [9.17, 15) is 19.7 Å². The number of benzene rings is 2. The molecule has 27 heavy (non-hydrogen) atoms. The molecule has 0 radical (unpaired) electrons. The van der Waals surface area contributed by atoms with Crippen LogP contribution in [0.1, 0.15) is 42.3 Å². The van der Waals surface area contributed by atoms with Crippen LogP contribution in [0.5, 0.6) is 0 Å². The predicted octanol–water partition coefficient (Wildman–Crippen LogP) is 2.72. The van der Waals surface area contributed by atoms with Crippen molar-refractivity contribution in [1.29, 1.82) is 0 Å². The highest BCUT2D eigenvalue weighted by Gasteiger charge is 2.24. The molecule has 0 aliphatic heterocycles. The van der Waals surface area contributed by atoms with Gasteiger partial charge in [-0.15, -0.1) is 0 Å². The van der Waals surface area contributed by atoms with Crippen LogP contribution in [0.15, 0.2) is 48.5 Å². The van der Waals surface area contributed by atoms with Crippen LogP contribution < -0.4 is 11.1 Å². The molecule has 2 rings (SSSR count). The van der Waals surface area contributed by atoms with Crippen LogP contribution in [-0.4, -0.2) is 22.8 Å². The second-order valence-electron chi connectivity index (χ2n) is 7.35. The van der Waals surface area contributed by atoms with E-state index in [0.717, 1.165) is 5.56 Å². The van der Waals surface area contributed by atoms with Crippen molar-refractivity contribution in [3.63, 3.8) is 0 Å². The maximum absolute atomic E-state index is 12.5. The number of nitrogens with two attached hydrogens (primary N) is 1. The highest BCUT2D eigenvalue weighted by atomic mass is 16.6. The van der Waals surface area contributed by atoms with Crippen LogP contribution >= 0.6 is 0 Å². The lowest BCUT2D eigenvalue weighted by atomic mass is 9.86. The van der Waals surface area contributed by atoms with Gasteiger partial charge >= 0.3 is 0 Å². The maximum atomic E-state index is 12.5. The number of primary amides is 1. The molecule has 0 saturated carbocycles. The summed E-state index contributed by atoms with van der Waals surface area (Å²) in [4.78, 5) is 34.9. The number of hydrogen-bond donors (Lipinski definition) is 2. The fraction of sp³-hybridized carbons (Fsp3) is 0.300. The Balaban J connectivity index is 2.18. The van der Waals surface area contributed by atoms with Crippen molar-refractivity contribution in [2.75, 3.05) is 0 Å². The highest BCUT2D eigenvalue weighted by molar-refractivity contribution is 5.97. The van der Waals surface area contributed by atoms with Gasteiger partial charge in [0.15, 0.2) is 0 Å². The van der Waals surface area contributed by atoms with Gasteiger partial charge in [0.25, 0.3) is 11.6 Å². The molecule has 2 aromatic rings. The Bertz CT molecular complexity index is 854. The Morgan fingerprint density at radius 2 is 1.70 bits per heavy atom. The Morgan fingerprint density at radius 1 is 1.11 bits per heavy atom. The van der Waals surface area contributed by atoms with Gasteiger partial charge in [0, 0.05) is 23.6 Å². The number of nitrogens with zero attached hydrogens (tertiary/aromatic N) is 1. The smallest absolute Gasteiger partial charge is 0.272 e. The van der Waals surface area contributed by atoms with Crippen molar-refractivity contribution in [2.45, 2.75) is 38.6 Å². The quantitative estimate of drug-likeness (QED) is 0.601. The summed E-state index contributed by atoms with van der Waals surface area (Å²) < 4.78 is 0. The number of nitrogens with one attached hydrogen (secondary N) is 1. The van der Waals surface area contributed by atoms with Gasteiger partial charge in [0.05, 0.1) is 4.92 Å². The molecule has 0 saturated heterocycles. The lowest BCUT2D eigenvalue weighted by Gasteiger charge is -2.19. The number of carbonyl (C=O) groups excluding carboxylic acids is 2. The summed E-state index contributed by atoms with van der Waals surface area (Å²) in [6.07, 6.45) is -0.0572. The minimum Gasteiger partial charge on any atom is -0.368 e. The van der Waals surface area contributed by atoms with Gasteiger partial charge in [0.2, 0.25) is 5.91 Å². The van der Waals surface area contributed by atoms with E-state index < -0.39 is 22.8 Å². The number of nitro groups is 1. The topological polar surface area (TPSA) is 115 Å². The Morgan fingerprint density at radius 3 is 2.22 bits per heavy atom. The van der Waals surface area contributed by atoms with Crippen LogP contribution in [0.2, 0.25) is 0 Å². The molecule has 0 aliphatic carbocycles. The molecule has 2 amide bonds. The molecule has 7 heteroatoms. The molecule has 0 aromatic heterocycles. The summed E-state index contributed by atoms with van der Waals surface area (Å²) in [5.74, 6) is -1.22. The van der Waals surface area contributed by atoms with E-state index in [4.69, 9.17) is 5.73 Å². The lowest BCUT2D eigenvalue weighted by Crippen LogP contribution is -2.45.